The number of rotatable bonds is 7. The first-order valence-corrected chi connectivity index (χ1v) is 8.34. The number of methoxy groups -OCH3 is 1. The molecule has 0 radical (unpaired) electrons. The molecule has 1 heterocycles. The van der Waals surface area contributed by atoms with Crippen LogP contribution in [-0.2, 0) is 9.53 Å². The number of amides is 1. The topological polar surface area (TPSA) is 61.8 Å². The van der Waals surface area contributed by atoms with Crippen LogP contribution in [0.5, 0.6) is 0 Å². The summed E-state index contributed by atoms with van der Waals surface area (Å²) in [4.78, 5) is 14.6. The van der Waals surface area contributed by atoms with E-state index in [-0.39, 0.29) is 11.8 Å². The standard InChI is InChI=1S/C16H30N2O3/c1-21-12-11-18-10-4-5-14(13-18)15(19)17-9-8-16(20)6-2-3-7-16/h14,20H,2-13H2,1H3,(H,17,19)/t14-/m0/s1. The van der Waals surface area contributed by atoms with Gasteiger partial charge in [-0.05, 0) is 38.6 Å². The van der Waals surface area contributed by atoms with Crippen molar-refractivity contribution in [3.8, 4) is 0 Å². The van der Waals surface area contributed by atoms with Crippen molar-refractivity contribution in [1.82, 2.24) is 10.2 Å². The van der Waals surface area contributed by atoms with Gasteiger partial charge >= 0.3 is 0 Å². The number of carbonyl (C=O) groups is 1. The summed E-state index contributed by atoms with van der Waals surface area (Å²) >= 11 is 0. The molecule has 2 rings (SSSR count). The molecule has 0 aromatic heterocycles. The lowest BCUT2D eigenvalue weighted by Gasteiger charge is -2.32. The van der Waals surface area contributed by atoms with E-state index in [9.17, 15) is 9.90 Å². The fraction of sp³-hybridized carbons (Fsp3) is 0.938. The van der Waals surface area contributed by atoms with Crippen LogP contribution in [0.1, 0.15) is 44.9 Å². The second-order valence-electron chi connectivity index (χ2n) is 6.61. The lowest BCUT2D eigenvalue weighted by atomic mass is 9.96. The zero-order valence-electron chi connectivity index (χ0n) is 13.3. The maximum Gasteiger partial charge on any atom is 0.224 e. The molecule has 0 aromatic carbocycles. The summed E-state index contributed by atoms with van der Waals surface area (Å²) in [7, 11) is 1.71. The third-order valence-corrected chi connectivity index (χ3v) is 4.91. The molecule has 0 spiro atoms. The Morgan fingerprint density at radius 1 is 1.38 bits per heavy atom. The van der Waals surface area contributed by atoms with Crippen molar-refractivity contribution in [2.24, 2.45) is 5.92 Å². The minimum absolute atomic E-state index is 0.0915. The minimum atomic E-state index is -0.523. The Balaban J connectivity index is 1.67. The van der Waals surface area contributed by atoms with Gasteiger partial charge in [-0.15, -0.1) is 0 Å². The van der Waals surface area contributed by atoms with Crippen molar-refractivity contribution in [2.45, 2.75) is 50.5 Å². The van der Waals surface area contributed by atoms with Gasteiger partial charge in [-0.2, -0.15) is 0 Å². The number of hydrogen-bond donors (Lipinski definition) is 2. The molecule has 21 heavy (non-hydrogen) atoms. The molecule has 2 fully saturated rings. The maximum absolute atomic E-state index is 12.2. The number of hydrogen-bond acceptors (Lipinski definition) is 4. The Morgan fingerprint density at radius 2 is 2.14 bits per heavy atom. The summed E-state index contributed by atoms with van der Waals surface area (Å²) in [6.07, 6.45) is 6.74. The first-order chi connectivity index (χ1) is 10.1. The molecule has 0 bridgehead atoms. The van der Waals surface area contributed by atoms with Crippen LogP contribution in [0, 0.1) is 5.92 Å². The van der Waals surface area contributed by atoms with Crippen molar-refractivity contribution >= 4 is 5.91 Å². The van der Waals surface area contributed by atoms with E-state index in [4.69, 9.17) is 4.74 Å². The summed E-state index contributed by atoms with van der Waals surface area (Å²) in [6.45, 7) is 4.12. The molecule has 2 N–H and O–H groups in total. The lowest BCUT2D eigenvalue weighted by molar-refractivity contribution is -0.127. The van der Waals surface area contributed by atoms with E-state index in [1.807, 2.05) is 0 Å². The summed E-state index contributed by atoms with van der Waals surface area (Å²) in [5.74, 6) is 0.243. The van der Waals surface area contributed by atoms with E-state index in [0.717, 1.165) is 64.8 Å². The van der Waals surface area contributed by atoms with Crippen LogP contribution in [0.25, 0.3) is 0 Å². The second kappa shape index (κ2) is 8.11. The highest BCUT2D eigenvalue weighted by Crippen LogP contribution is 2.31. The summed E-state index contributed by atoms with van der Waals surface area (Å²) in [5, 5.41) is 13.3. The van der Waals surface area contributed by atoms with Crippen molar-refractivity contribution < 1.29 is 14.6 Å². The molecule has 1 saturated heterocycles. The van der Waals surface area contributed by atoms with E-state index >= 15 is 0 Å². The lowest BCUT2D eigenvalue weighted by Crippen LogP contribution is -2.44. The molecule has 122 valence electrons. The summed E-state index contributed by atoms with van der Waals surface area (Å²) in [6, 6.07) is 0. The highest BCUT2D eigenvalue weighted by Gasteiger charge is 2.31. The zero-order valence-corrected chi connectivity index (χ0v) is 13.3. The molecule has 2 aliphatic rings. The van der Waals surface area contributed by atoms with Crippen LogP contribution in [-0.4, -0.2) is 61.4 Å². The van der Waals surface area contributed by atoms with Crippen LogP contribution in [0.3, 0.4) is 0 Å². The van der Waals surface area contributed by atoms with Gasteiger partial charge in [-0.1, -0.05) is 12.8 Å². The Labute approximate surface area is 128 Å². The normalized spacial score (nSPS) is 25.9. The first-order valence-electron chi connectivity index (χ1n) is 8.34. The van der Waals surface area contributed by atoms with Gasteiger partial charge in [0.2, 0.25) is 5.91 Å². The van der Waals surface area contributed by atoms with E-state index in [1.165, 1.54) is 0 Å². The van der Waals surface area contributed by atoms with E-state index < -0.39 is 5.60 Å². The smallest absolute Gasteiger partial charge is 0.224 e. The molecule has 1 saturated carbocycles. The third-order valence-electron chi connectivity index (χ3n) is 4.91. The average Bonchev–Trinajstić information content (AvgIpc) is 2.92. The van der Waals surface area contributed by atoms with Crippen LogP contribution in [0.2, 0.25) is 0 Å². The van der Waals surface area contributed by atoms with Gasteiger partial charge in [0.15, 0.2) is 0 Å². The molecular formula is C16H30N2O3. The SMILES string of the molecule is COCCN1CCC[C@H](C(=O)NCCC2(O)CCCC2)C1. The predicted molar refractivity (Wildman–Crippen MR) is 82.1 cm³/mol. The molecule has 5 heteroatoms. The monoisotopic (exact) mass is 298 g/mol. The first kappa shape index (κ1) is 16.7. The van der Waals surface area contributed by atoms with E-state index in [1.54, 1.807) is 7.11 Å². The zero-order chi connectivity index (χ0) is 15.1. The Morgan fingerprint density at radius 3 is 2.86 bits per heavy atom. The highest BCUT2D eigenvalue weighted by atomic mass is 16.5. The largest absolute Gasteiger partial charge is 0.390 e. The van der Waals surface area contributed by atoms with Crippen LogP contribution in [0.4, 0.5) is 0 Å². The Kier molecular flexibility index (Phi) is 6.45. The van der Waals surface area contributed by atoms with Gasteiger partial charge in [0, 0.05) is 26.7 Å². The Hall–Kier alpha value is -0.650. The quantitative estimate of drug-likeness (QED) is 0.740. The van der Waals surface area contributed by atoms with Gasteiger partial charge in [0.05, 0.1) is 18.1 Å². The summed E-state index contributed by atoms with van der Waals surface area (Å²) in [5.41, 5.74) is -0.523. The molecule has 0 unspecified atom stereocenters. The number of carbonyl (C=O) groups excluding carboxylic acids is 1. The molecule has 1 aliphatic carbocycles. The average molecular weight is 298 g/mol. The molecule has 1 aliphatic heterocycles. The van der Waals surface area contributed by atoms with Gasteiger partial charge in [-0.3, -0.25) is 4.79 Å². The van der Waals surface area contributed by atoms with Crippen molar-refractivity contribution in [3.63, 3.8) is 0 Å². The fourth-order valence-electron chi connectivity index (χ4n) is 3.54. The fourth-order valence-corrected chi connectivity index (χ4v) is 3.54. The number of aliphatic hydroxyl groups is 1. The van der Waals surface area contributed by atoms with Gasteiger partial charge in [0.25, 0.3) is 0 Å². The second-order valence-corrected chi connectivity index (χ2v) is 6.61. The molecule has 0 aromatic rings. The van der Waals surface area contributed by atoms with Crippen LogP contribution < -0.4 is 5.32 Å². The van der Waals surface area contributed by atoms with Crippen molar-refractivity contribution in [3.05, 3.63) is 0 Å². The number of nitrogens with one attached hydrogen (secondary N) is 1. The number of likely N-dealkylation sites (tertiary alicyclic amines) is 1. The third kappa shape index (κ3) is 5.24. The minimum Gasteiger partial charge on any atom is -0.390 e. The van der Waals surface area contributed by atoms with E-state index in [0.29, 0.717) is 13.0 Å². The highest BCUT2D eigenvalue weighted by molar-refractivity contribution is 5.78. The van der Waals surface area contributed by atoms with Crippen LogP contribution >= 0.6 is 0 Å². The summed E-state index contributed by atoms with van der Waals surface area (Å²) < 4.78 is 5.10. The number of piperidine rings is 1. The molecule has 1 amide bonds. The van der Waals surface area contributed by atoms with E-state index in [2.05, 4.69) is 10.2 Å². The van der Waals surface area contributed by atoms with Crippen molar-refractivity contribution in [1.29, 1.82) is 0 Å². The predicted octanol–water partition coefficient (Wildman–Crippen LogP) is 1.16. The molecule has 1 atom stereocenters. The van der Waals surface area contributed by atoms with Crippen LogP contribution in [0.15, 0.2) is 0 Å². The number of nitrogens with zero attached hydrogens (tertiary/aromatic N) is 1. The molecular weight excluding hydrogens is 268 g/mol. The number of ether oxygens (including phenoxy) is 1. The van der Waals surface area contributed by atoms with Gasteiger partial charge < -0.3 is 20.1 Å². The Bertz CT molecular complexity index is 329. The van der Waals surface area contributed by atoms with Gasteiger partial charge in [0.1, 0.15) is 0 Å². The van der Waals surface area contributed by atoms with Crippen molar-refractivity contribution in [2.75, 3.05) is 39.9 Å². The van der Waals surface area contributed by atoms with Gasteiger partial charge in [-0.25, -0.2) is 0 Å². The molecule has 5 nitrogen and oxygen atoms in total. The maximum atomic E-state index is 12.2.